The molecule has 0 aromatic heterocycles. The number of hydrogen-bond donors (Lipinski definition) is 1. The summed E-state index contributed by atoms with van der Waals surface area (Å²) in [5.41, 5.74) is 3.92. The summed E-state index contributed by atoms with van der Waals surface area (Å²) in [5, 5.41) is 12.4. The minimum Gasteiger partial charge on any atom is -0.507 e. The number of aliphatic hydroxyl groups is 1. The molecule has 1 unspecified atom stereocenters. The summed E-state index contributed by atoms with van der Waals surface area (Å²) in [5.74, 6) is -1.66. The monoisotopic (exact) mass is 537 g/mol. The number of aliphatic hydroxyl groups excluding tert-OH is 1. The second kappa shape index (κ2) is 9.88. The summed E-state index contributed by atoms with van der Waals surface area (Å²) in [6.45, 7) is 9.97. The number of rotatable bonds is 4. The number of methoxy groups -OCH3 is 1. The Balaban J connectivity index is 2.01. The molecular formula is C30H29Cl2NO4. The highest BCUT2D eigenvalue weighted by Crippen LogP contribution is 2.45. The summed E-state index contributed by atoms with van der Waals surface area (Å²) >= 11 is 12.6. The highest BCUT2D eigenvalue weighted by atomic mass is 35.5. The number of ether oxygens (including phenoxy) is 1. The predicted molar refractivity (Wildman–Crippen MR) is 149 cm³/mol. The molecule has 1 amide bonds. The van der Waals surface area contributed by atoms with Crippen LogP contribution in [0.3, 0.4) is 0 Å². The molecule has 1 fully saturated rings. The van der Waals surface area contributed by atoms with Crippen LogP contribution in [0.25, 0.3) is 5.76 Å². The Morgan fingerprint density at radius 3 is 2.19 bits per heavy atom. The lowest BCUT2D eigenvalue weighted by atomic mass is 9.85. The van der Waals surface area contributed by atoms with Gasteiger partial charge < -0.3 is 9.84 Å². The third-order valence-electron chi connectivity index (χ3n) is 6.60. The fourth-order valence-electron chi connectivity index (χ4n) is 4.71. The van der Waals surface area contributed by atoms with E-state index < -0.39 is 17.7 Å². The minimum absolute atomic E-state index is 0.0391. The van der Waals surface area contributed by atoms with Gasteiger partial charge in [0, 0.05) is 10.7 Å². The van der Waals surface area contributed by atoms with Crippen LogP contribution in [0.5, 0.6) is 5.75 Å². The van der Waals surface area contributed by atoms with Gasteiger partial charge in [-0.3, -0.25) is 14.5 Å². The van der Waals surface area contributed by atoms with Crippen LogP contribution < -0.4 is 9.64 Å². The Morgan fingerprint density at radius 2 is 1.62 bits per heavy atom. The van der Waals surface area contributed by atoms with Crippen molar-refractivity contribution >= 4 is 46.3 Å². The first-order valence-corrected chi connectivity index (χ1v) is 12.6. The zero-order chi connectivity index (χ0) is 27.2. The number of carbonyl (C=O) groups excluding carboxylic acids is 2. The van der Waals surface area contributed by atoms with Gasteiger partial charge in [0.25, 0.3) is 11.7 Å². The largest absolute Gasteiger partial charge is 0.507 e. The molecule has 3 aromatic carbocycles. The maximum atomic E-state index is 13.6. The van der Waals surface area contributed by atoms with E-state index in [1.54, 1.807) is 30.3 Å². The molecule has 0 radical (unpaired) electrons. The number of nitrogens with zero attached hydrogens (tertiary/aromatic N) is 1. The molecule has 37 heavy (non-hydrogen) atoms. The number of ketones is 1. The second-order valence-electron chi connectivity index (χ2n) is 10.3. The van der Waals surface area contributed by atoms with Gasteiger partial charge in [-0.2, -0.15) is 0 Å². The molecule has 0 spiro atoms. The van der Waals surface area contributed by atoms with Crippen LogP contribution in [0.15, 0.2) is 60.2 Å². The van der Waals surface area contributed by atoms with E-state index in [4.69, 9.17) is 27.9 Å². The molecule has 7 heteroatoms. The maximum Gasteiger partial charge on any atom is 0.300 e. The standard InChI is InChI=1S/C30H29Cl2NO4/c1-16-13-21(28(37-6)22(32)14-16)26(34)24-25(18-7-9-19(10-8-18)30(3,4)5)33(29(36)27(24)35)23-12-11-20(31)15-17(23)2/h7-15,25,34H,1-6H3/b26-24+. The highest BCUT2D eigenvalue weighted by Gasteiger charge is 2.47. The lowest BCUT2D eigenvalue weighted by Gasteiger charge is -2.28. The molecule has 0 aliphatic carbocycles. The molecule has 1 atom stereocenters. The molecular weight excluding hydrogens is 509 g/mol. The van der Waals surface area contributed by atoms with Crippen LogP contribution in [0.2, 0.25) is 10.0 Å². The Kier molecular flexibility index (Phi) is 7.15. The van der Waals surface area contributed by atoms with Crippen LogP contribution in [0.1, 0.15) is 54.6 Å². The Morgan fingerprint density at radius 1 is 0.973 bits per heavy atom. The molecule has 0 saturated carbocycles. The summed E-state index contributed by atoms with van der Waals surface area (Å²) in [6, 6.07) is 15.4. The SMILES string of the molecule is COc1c(Cl)cc(C)cc1/C(O)=C1\C(=O)C(=O)N(c2ccc(Cl)cc2C)C1c1ccc(C(C)(C)C)cc1. The summed E-state index contributed by atoms with van der Waals surface area (Å²) in [4.78, 5) is 28.5. The van der Waals surface area contributed by atoms with Gasteiger partial charge in [-0.1, -0.05) is 68.2 Å². The number of carbonyl (C=O) groups is 2. The van der Waals surface area contributed by atoms with Crippen molar-refractivity contribution in [3.8, 4) is 5.75 Å². The Bertz CT molecular complexity index is 1440. The average molecular weight is 538 g/mol. The molecule has 1 N–H and O–H groups in total. The smallest absolute Gasteiger partial charge is 0.300 e. The van der Waals surface area contributed by atoms with E-state index in [0.717, 1.165) is 16.7 Å². The lowest BCUT2D eigenvalue weighted by molar-refractivity contribution is -0.132. The van der Waals surface area contributed by atoms with Gasteiger partial charge in [-0.15, -0.1) is 0 Å². The Labute approximate surface area is 227 Å². The molecule has 1 aliphatic heterocycles. The third kappa shape index (κ3) is 4.86. The van der Waals surface area contributed by atoms with Gasteiger partial charge in [-0.05, 0) is 71.8 Å². The van der Waals surface area contributed by atoms with Crippen LogP contribution >= 0.6 is 23.2 Å². The molecule has 0 bridgehead atoms. The average Bonchev–Trinajstić information content (AvgIpc) is 3.08. The molecule has 192 valence electrons. The highest BCUT2D eigenvalue weighted by molar-refractivity contribution is 6.52. The fourth-order valence-corrected chi connectivity index (χ4v) is 5.29. The zero-order valence-electron chi connectivity index (χ0n) is 21.6. The molecule has 3 aromatic rings. The third-order valence-corrected chi connectivity index (χ3v) is 7.12. The van der Waals surface area contributed by atoms with Crippen molar-refractivity contribution in [2.24, 2.45) is 0 Å². The van der Waals surface area contributed by atoms with E-state index in [-0.39, 0.29) is 33.1 Å². The minimum atomic E-state index is -0.877. The number of hydrogen-bond acceptors (Lipinski definition) is 4. The van der Waals surface area contributed by atoms with Crippen molar-refractivity contribution in [2.45, 2.75) is 46.1 Å². The zero-order valence-corrected chi connectivity index (χ0v) is 23.2. The normalized spacial score (nSPS) is 17.4. The predicted octanol–water partition coefficient (Wildman–Crippen LogP) is 7.54. The molecule has 1 aliphatic rings. The van der Waals surface area contributed by atoms with Crippen molar-refractivity contribution in [3.05, 3.63) is 98.0 Å². The first-order valence-electron chi connectivity index (χ1n) is 11.9. The van der Waals surface area contributed by atoms with Gasteiger partial charge >= 0.3 is 0 Å². The van der Waals surface area contributed by atoms with Crippen molar-refractivity contribution in [1.82, 2.24) is 0 Å². The van der Waals surface area contributed by atoms with E-state index >= 15 is 0 Å². The first-order chi connectivity index (χ1) is 17.3. The molecule has 5 nitrogen and oxygen atoms in total. The van der Waals surface area contributed by atoms with E-state index in [2.05, 4.69) is 20.8 Å². The first kappa shape index (κ1) is 26.8. The van der Waals surface area contributed by atoms with Crippen LogP contribution in [-0.2, 0) is 15.0 Å². The van der Waals surface area contributed by atoms with Crippen molar-refractivity contribution in [3.63, 3.8) is 0 Å². The lowest BCUT2D eigenvalue weighted by Crippen LogP contribution is -2.30. The van der Waals surface area contributed by atoms with Gasteiger partial charge in [0.05, 0.1) is 29.3 Å². The summed E-state index contributed by atoms with van der Waals surface area (Å²) in [7, 11) is 1.44. The van der Waals surface area contributed by atoms with E-state index in [9.17, 15) is 14.7 Å². The number of Topliss-reactive ketones (excluding diaryl/α,β-unsaturated/α-hetero) is 1. The van der Waals surface area contributed by atoms with Gasteiger partial charge in [-0.25, -0.2) is 0 Å². The van der Waals surface area contributed by atoms with Crippen molar-refractivity contribution in [1.29, 1.82) is 0 Å². The number of amides is 1. The summed E-state index contributed by atoms with van der Waals surface area (Å²) < 4.78 is 5.46. The van der Waals surface area contributed by atoms with E-state index in [1.807, 2.05) is 38.1 Å². The van der Waals surface area contributed by atoms with Crippen LogP contribution in [0.4, 0.5) is 5.69 Å². The number of anilines is 1. The molecule has 1 heterocycles. The van der Waals surface area contributed by atoms with Gasteiger partial charge in [0.1, 0.15) is 11.5 Å². The number of halogens is 2. The second-order valence-corrected chi connectivity index (χ2v) is 11.1. The van der Waals surface area contributed by atoms with Crippen LogP contribution in [-0.4, -0.2) is 23.9 Å². The van der Waals surface area contributed by atoms with Crippen molar-refractivity contribution in [2.75, 3.05) is 12.0 Å². The Hall–Kier alpha value is -3.28. The maximum absolute atomic E-state index is 13.6. The quantitative estimate of drug-likeness (QED) is 0.212. The van der Waals surface area contributed by atoms with Gasteiger partial charge in [0.2, 0.25) is 0 Å². The molecule has 4 rings (SSSR count). The number of benzene rings is 3. The molecule has 1 saturated heterocycles. The van der Waals surface area contributed by atoms with E-state index in [1.165, 1.54) is 12.0 Å². The summed E-state index contributed by atoms with van der Waals surface area (Å²) in [6.07, 6.45) is 0. The van der Waals surface area contributed by atoms with E-state index in [0.29, 0.717) is 16.3 Å². The van der Waals surface area contributed by atoms with Gasteiger partial charge in [0.15, 0.2) is 0 Å². The van der Waals surface area contributed by atoms with Crippen molar-refractivity contribution < 1.29 is 19.4 Å². The van der Waals surface area contributed by atoms with Crippen LogP contribution in [0, 0.1) is 13.8 Å². The number of aryl methyl sites for hydroxylation is 2. The topological polar surface area (TPSA) is 66.8 Å². The fraction of sp³-hybridized carbons (Fsp3) is 0.267.